The topological polar surface area (TPSA) is 61.0 Å². The fourth-order valence-electron chi connectivity index (χ4n) is 1.10. The van der Waals surface area contributed by atoms with Crippen molar-refractivity contribution in [2.45, 2.75) is 19.4 Å². The molecule has 0 spiro atoms. The largest absolute Gasteiger partial charge is 0.476 e. The predicted octanol–water partition coefficient (Wildman–Crippen LogP) is 0.724. The van der Waals surface area contributed by atoms with Crippen LogP contribution in [0.25, 0.3) is 0 Å². The summed E-state index contributed by atoms with van der Waals surface area (Å²) in [5.41, 5.74) is 6.23. The van der Waals surface area contributed by atoms with Gasteiger partial charge in [-0.25, -0.2) is 4.98 Å². The van der Waals surface area contributed by atoms with E-state index in [1.165, 1.54) is 12.8 Å². The third-order valence-electron chi connectivity index (χ3n) is 2.08. The van der Waals surface area contributed by atoms with Crippen molar-refractivity contribution < 1.29 is 4.74 Å². The molecule has 1 aliphatic rings. The Labute approximate surface area is 77.1 Å². The highest BCUT2D eigenvalue weighted by Gasteiger charge is 2.22. The van der Waals surface area contributed by atoms with E-state index in [0.29, 0.717) is 12.4 Å². The number of hydrogen-bond donors (Lipinski definition) is 1. The van der Waals surface area contributed by atoms with Crippen molar-refractivity contribution >= 4 is 0 Å². The van der Waals surface area contributed by atoms with Crippen LogP contribution in [0.4, 0.5) is 0 Å². The molecule has 0 saturated heterocycles. The molecule has 0 bridgehead atoms. The highest BCUT2D eigenvalue weighted by atomic mass is 16.5. The number of aromatic nitrogens is 2. The maximum Gasteiger partial charge on any atom is 0.236 e. The minimum atomic E-state index is 0.383. The Morgan fingerprint density at radius 2 is 2.15 bits per heavy atom. The van der Waals surface area contributed by atoms with Crippen molar-refractivity contribution in [3.05, 3.63) is 18.1 Å². The van der Waals surface area contributed by atoms with Gasteiger partial charge in [-0.3, -0.25) is 4.98 Å². The number of ether oxygens (including phenoxy) is 1. The van der Waals surface area contributed by atoms with Crippen LogP contribution >= 0.6 is 0 Å². The predicted molar refractivity (Wildman–Crippen MR) is 48.1 cm³/mol. The van der Waals surface area contributed by atoms with E-state index in [-0.39, 0.29) is 0 Å². The average Bonchev–Trinajstić information content (AvgIpc) is 2.99. The van der Waals surface area contributed by atoms with Gasteiger partial charge in [0.25, 0.3) is 0 Å². The second-order valence-corrected chi connectivity index (χ2v) is 3.27. The lowest BCUT2D eigenvalue weighted by atomic mass is 10.4. The standard InChI is InChI=1S/C9H13N3O/c10-5-8-9(12-4-3-11-8)13-6-7-1-2-7/h3-4,7H,1-2,5-6,10H2. The van der Waals surface area contributed by atoms with E-state index in [0.717, 1.165) is 18.2 Å². The number of nitrogens with zero attached hydrogens (tertiary/aromatic N) is 2. The number of nitrogens with two attached hydrogens (primary N) is 1. The van der Waals surface area contributed by atoms with Crippen molar-refractivity contribution in [2.75, 3.05) is 6.61 Å². The molecule has 0 amide bonds. The van der Waals surface area contributed by atoms with Gasteiger partial charge in [-0.1, -0.05) is 0 Å². The summed E-state index contributed by atoms with van der Waals surface area (Å²) in [4.78, 5) is 8.17. The van der Waals surface area contributed by atoms with Crippen molar-refractivity contribution in [1.29, 1.82) is 0 Å². The van der Waals surface area contributed by atoms with Gasteiger partial charge in [-0.2, -0.15) is 0 Å². The van der Waals surface area contributed by atoms with Crippen LogP contribution in [-0.2, 0) is 6.54 Å². The Morgan fingerprint density at radius 3 is 2.85 bits per heavy atom. The molecule has 1 aromatic rings. The first-order valence-corrected chi connectivity index (χ1v) is 4.53. The highest BCUT2D eigenvalue weighted by molar-refractivity contribution is 5.16. The summed E-state index contributed by atoms with van der Waals surface area (Å²) >= 11 is 0. The molecule has 4 nitrogen and oxygen atoms in total. The molecule has 1 aromatic heterocycles. The molecule has 1 aliphatic carbocycles. The molecule has 0 aromatic carbocycles. The van der Waals surface area contributed by atoms with Gasteiger partial charge in [0.05, 0.1) is 6.61 Å². The quantitative estimate of drug-likeness (QED) is 0.740. The Morgan fingerprint density at radius 1 is 1.38 bits per heavy atom. The van der Waals surface area contributed by atoms with Gasteiger partial charge < -0.3 is 10.5 Å². The van der Waals surface area contributed by atoms with Gasteiger partial charge >= 0.3 is 0 Å². The normalized spacial score (nSPS) is 15.8. The maximum atomic E-state index is 5.50. The van der Waals surface area contributed by atoms with Crippen LogP contribution in [0.2, 0.25) is 0 Å². The lowest BCUT2D eigenvalue weighted by Gasteiger charge is -2.06. The monoisotopic (exact) mass is 179 g/mol. The Bertz CT molecular complexity index is 286. The first-order chi connectivity index (χ1) is 6.40. The van der Waals surface area contributed by atoms with Gasteiger partial charge in [0.2, 0.25) is 5.88 Å². The van der Waals surface area contributed by atoms with Crippen LogP contribution in [0, 0.1) is 5.92 Å². The van der Waals surface area contributed by atoms with Crippen LogP contribution in [-0.4, -0.2) is 16.6 Å². The van der Waals surface area contributed by atoms with Crippen LogP contribution in [0.5, 0.6) is 5.88 Å². The maximum absolute atomic E-state index is 5.50. The molecular weight excluding hydrogens is 166 g/mol. The van der Waals surface area contributed by atoms with E-state index in [2.05, 4.69) is 9.97 Å². The zero-order valence-corrected chi connectivity index (χ0v) is 7.44. The van der Waals surface area contributed by atoms with Crippen LogP contribution in [0.1, 0.15) is 18.5 Å². The molecule has 1 fully saturated rings. The Balaban J connectivity index is 1.99. The SMILES string of the molecule is NCc1nccnc1OCC1CC1. The lowest BCUT2D eigenvalue weighted by Crippen LogP contribution is -2.08. The van der Waals surface area contributed by atoms with Gasteiger partial charge in [0, 0.05) is 18.9 Å². The van der Waals surface area contributed by atoms with Gasteiger partial charge in [0.15, 0.2) is 0 Å². The lowest BCUT2D eigenvalue weighted by molar-refractivity contribution is 0.283. The average molecular weight is 179 g/mol. The minimum Gasteiger partial charge on any atom is -0.476 e. The summed E-state index contributed by atoms with van der Waals surface area (Å²) in [7, 11) is 0. The van der Waals surface area contributed by atoms with E-state index < -0.39 is 0 Å². The second-order valence-electron chi connectivity index (χ2n) is 3.27. The van der Waals surface area contributed by atoms with Crippen molar-refractivity contribution in [2.24, 2.45) is 11.7 Å². The summed E-state index contributed by atoms with van der Waals surface area (Å²) in [6.07, 6.45) is 5.81. The molecule has 2 rings (SSSR count). The molecule has 13 heavy (non-hydrogen) atoms. The molecule has 0 radical (unpaired) electrons. The minimum absolute atomic E-state index is 0.383. The Kier molecular flexibility index (Phi) is 2.40. The molecular formula is C9H13N3O. The first kappa shape index (κ1) is 8.44. The molecule has 0 aliphatic heterocycles. The smallest absolute Gasteiger partial charge is 0.236 e. The zero-order chi connectivity index (χ0) is 9.10. The molecule has 2 N–H and O–H groups in total. The van der Waals surface area contributed by atoms with Crippen LogP contribution in [0.15, 0.2) is 12.4 Å². The zero-order valence-electron chi connectivity index (χ0n) is 7.44. The Hall–Kier alpha value is -1.16. The van der Waals surface area contributed by atoms with Crippen LogP contribution < -0.4 is 10.5 Å². The third-order valence-corrected chi connectivity index (χ3v) is 2.08. The summed E-state index contributed by atoms with van der Waals surface area (Å²) in [6.45, 7) is 1.14. The van der Waals surface area contributed by atoms with E-state index in [9.17, 15) is 0 Å². The molecule has 1 saturated carbocycles. The fourth-order valence-corrected chi connectivity index (χ4v) is 1.10. The molecule has 70 valence electrons. The van der Waals surface area contributed by atoms with E-state index in [1.54, 1.807) is 12.4 Å². The van der Waals surface area contributed by atoms with Gasteiger partial charge in [0.1, 0.15) is 5.69 Å². The summed E-state index contributed by atoms with van der Waals surface area (Å²) in [5, 5.41) is 0. The summed E-state index contributed by atoms with van der Waals surface area (Å²) in [5.74, 6) is 1.32. The number of rotatable bonds is 4. The van der Waals surface area contributed by atoms with Gasteiger partial charge in [-0.05, 0) is 18.8 Å². The van der Waals surface area contributed by atoms with Crippen molar-refractivity contribution in [1.82, 2.24) is 9.97 Å². The van der Waals surface area contributed by atoms with Crippen LogP contribution in [0.3, 0.4) is 0 Å². The van der Waals surface area contributed by atoms with E-state index in [4.69, 9.17) is 10.5 Å². The number of hydrogen-bond acceptors (Lipinski definition) is 4. The molecule has 1 heterocycles. The van der Waals surface area contributed by atoms with Crippen molar-refractivity contribution in [3.8, 4) is 5.88 Å². The molecule has 4 heteroatoms. The summed E-state index contributed by atoms with van der Waals surface area (Å²) < 4.78 is 5.50. The van der Waals surface area contributed by atoms with Crippen molar-refractivity contribution in [3.63, 3.8) is 0 Å². The second kappa shape index (κ2) is 3.70. The molecule has 0 unspecified atom stereocenters. The molecule has 0 atom stereocenters. The fraction of sp³-hybridized carbons (Fsp3) is 0.556. The summed E-state index contributed by atoms with van der Waals surface area (Å²) in [6, 6.07) is 0. The highest BCUT2D eigenvalue weighted by Crippen LogP contribution is 2.29. The third kappa shape index (κ3) is 2.15. The van der Waals surface area contributed by atoms with E-state index >= 15 is 0 Å². The van der Waals surface area contributed by atoms with E-state index in [1.807, 2.05) is 0 Å². The van der Waals surface area contributed by atoms with Gasteiger partial charge in [-0.15, -0.1) is 0 Å². The first-order valence-electron chi connectivity index (χ1n) is 4.53.